The summed E-state index contributed by atoms with van der Waals surface area (Å²) in [5, 5.41) is 2.61. The second-order valence-electron chi connectivity index (χ2n) is 6.89. The Hall–Kier alpha value is -3.05. The lowest BCUT2D eigenvalue weighted by atomic mass is 9.93. The van der Waals surface area contributed by atoms with Crippen molar-refractivity contribution in [3.63, 3.8) is 0 Å². The molecule has 2 rings (SSSR count). The lowest BCUT2D eigenvalue weighted by molar-refractivity contribution is 0.0588. The Morgan fingerprint density at radius 2 is 1.23 bits per heavy atom. The normalized spacial score (nSPS) is 10.1. The van der Waals surface area contributed by atoms with Crippen LogP contribution in [-0.2, 0) is 14.2 Å². The number of nitrogens with one attached hydrogen (secondary N) is 1. The summed E-state index contributed by atoms with van der Waals surface area (Å²) in [6.45, 7) is 0.290. The molecule has 0 aliphatic heterocycles. The average Bonchev–Trinajstić information content (AvgIpc) is 2.86. The molecule has 35 heavy (non-hydrogen) atoms. The van der Waals surface area contributed by atoms with E-state index in [4.69, 9.17) is 18.9 Å². The van der Waals surface area contributed by atoms with E-state index in [-0.39, 0.29) is 11.1 Å². The van der Waals surface area contributed by atoms with Crippen molar-refractivity contribution in [2.45, 2.75) is 6.42 Å². The highest BCUT2D eigenvalue weighted by Crippen LogP contribution is 2.39. The van der Waals surface area contributed by atoms with Crippen LogP contribution in [0.15, 0.2) is 39.3 Å². The van der Waals surface area contributed by atoms with Crippen molar-refractivity contribution < 1.29 is 38.1 Å². The number of carbonyl (C=O) groups is 3. The van der Waals surface area contributed by atoms with Crippen LogP contribution in [-0.4, -0.2) is 60.1 Å². The van der Waals surface area contributed by atoms with Crippen LogP contribution in [0.3, 0.4) is 0 Å². The van der Waals surface area contributed by atoms with Gasteiger partial charge in [0.2, 0.25) is 0 Å². The minimum atomic E-state index is -0.581. The first kappa shape index (κ1) is 28.2. The molecule has 0 fully saturated rings. The van der Waals surface area contributed by atoms with Gasteiger partial charge in [-0.25, -0.2) is 14.4 Å². The largest absolute Gasteiger partial charge is 0.495 e. The number of rotatable bonds is 9. The Bertz CT molecular complexity index is 1070. The fourth-order valence-corrected chi connectivity index (χ4v) is 4.55. The van der Waals surface area contributed by atoms with E-state index in [9.17, 15) is 14.4 Å². The Morgan fingerprint density at radius 1 is 0.771 bits per heavy atom. The second kappa shape index (κ2) is 13.1. The Labute approximate surface area is 220 Å². The lowest BCUT2D eigenvalue weighted by Gasteiger charge is -2.17. The highest BCUT2D eigenvalue weighted by atomic mass is 79.9. The van der Waals surface area contributed by atoms with Gasteiger partial charge in [0, 0.05) is 6.54 Å². The molecule has 0 aromatic heterocycles. The number of halogens is 2. The first-order chi connectivity index (χ1) is 16.7. The van der Waals surface area contributed by atoms with E-state index in [0.717, 1.165) is 0 Å². The van der Waals surface area contributed by atoms with Gasteiger partial charge in [-0.05, 0) is 79.2 Å². The third-order valence-electron chi connectivity index (χ3n) is 4.88. The van der Waals surface area contributed by atoms with Gasteiger partial charge >= 0.3 is 18.0 Å². The molecule has 2 aromatic rings. The summed E-state index contributed by atoms with van der Waals surface area (Å²) in [4.78, 5) is 36.3. The van der Waals surface area contributed by atoms with Crippen LogP contribution in [0, 0.1) is 0 Å². The van der Waals surface area contributed by atoms with Crippen molar-refractivity contribution in [3.8, 4) is 11.5 Å². The maximum absolute atomic E-state index is 12.5. The minimum Gasteiger partial charge on any atom is -0.495 e. The smallest absolute Gasteiger partial charge is 0.406 e. The minimum absolute atomic E-state index is 0.207. The zero-order chi connectivity index (χ0) is 26.1. The summed E-state index contributed by atoms with van der Waals surface area (Å²) in [6.07, 6.45) is 1.72. The molecule has 0 spiro atoms. The molecule has 0 aliphatic carbocycles. The summed E-state index contributed by atoms with van der Waals surface area (Å²) in [6, 6.07) is 6.82. The fraction of sp³-hybridized carbons (Fsp3) is 0.292. The number of hydrogen-bond acceptors (Lipinski definition) is 8. The molecule has 0 radical (unpaired) electrons. The van der Waals surface area contributed by atoms with Crippen molar-refractivity contribution in [3.05, 3.63) is 61.5 Å². The van der Waals surface area contributed by atoms with Crippen LogP contribution in [0.25, 0.3) is 5.57 Å². The first-order valence-corrected chi connectivity index (χ1v) is 11.7. The molecule has 0 bridgehead atoms. The highest BCUT2D eigenvalue weighted by Gasteiger charge is 2.22. The first-order valence-electron chi connectivity index (χ1n) is 10.2. The lowest BCUT2D eigenvalue weighted by Crippen LogP contribution is -2.23. The number of benzene rings is 2. The average molecular weight is 615 g/mol. The van der Waals surface area contributed by atoms with Crippen LogP contribution < -0.4 is 14.8 Å². The number of carbonyl (C=O) groups excluding carboxylic acids is 3. The standard InChI is InChI=1S/C24H25Br2NO8/c1-31-20-16(22(28)33-3)9-13(11-18(20)25)15(7-6-8-27-24(30)35-5)14-10-17(23(29)34-4)21(32-2)19(26)12-14/h7,9-12H,6,8H2,1-5H3,(H,27,30). The van der Waals surface area contributed by atoms with E-state index < -0.39 is 18.0 Å². The molecule has 0 saturated carbocycles. The number of amides is 1. The van der Waals surface area contributed by atoms with Crippen LogP contribution in [0.1, 0.15) is 38.3 Å². The summed E-state index contributed by atoms with van der Waals surface area (Å²) in [5.41, 5.74) is 2.34. The molecule has 0 saturated heterocycles. The molecular formula is C24H25Br2NO8. The van der Waals surface area contributed by atoms with Crippen LogP contribution >= 0.6 is 31.9 Å². The number of esters is 2. The summed E-state index contributed by atoms with van der Waals surface area (Å²) < 4.78 is 26.3. The fourth-order valence-electron chi connectivity index (χ4n) is 3.30. The molecular weight excluding hydrogens is 590 g/mol. The topological polar surface area (TPSA) is 109 Å². The van der Waals surface area contributed by atoms with Crippen LogP contribution in [0.5, 0.6) is 11.5 Å². The number of ether oxygens (including phenoxy) is 5. The van der Waals surface area contributed by atoms with Crippen molar-refractivity contribution in [2.75, 3.05) is 42.1 Å². The van der Waals surface area contributed by atoms with Crippen molar-refractivity contribution in [1.82, 2.24) is 5.32 Å². The zero-order valence-corrected chi connectivity index (χ0v) is 23.0. The number of methoxy groups -OCH3 is 5. The molecule has 2 aromatic carbocycles. The summed E-state index contributed by atoms with van der Waals surface area (Å²) >= 11 is 6.91. The number of hydrogen-bond donors (Lipinski definition) is 1. The molecule has 0 heterocycles. The van der Waals surface area contributed by atoms with Gasteiger partial charge in [0.1, 0.15) is 22.6 Å². The Morgan fingerprint density at radius 3 is 1.60 bits per heavy atom. The van der Waals surface area contributed by atoms with E-state index in [1.165, 1.54) is 35.5 Å². The third kappa shape index (κ3) is 6.76. The molecule has 0 atom stereocenters. The predicted octanol–water partition coefficient (Wildman–Crippen LogP) is 4.98. The molecule has 188 valence electrons. The van der Waals surface area contributed by atoms with Crippen LogP contribution in [0.2, 0.25) is 0 Å². The summed E-state index contributed by atoms with van der Waals surface area (Å²) in [7, 11) is 6.74. The molecule has 9 nitrogen and oxygen atoms in total. The predicted molar refractivity (Wildman–Crippen MR) is 136 cm³/mol. The Balaban J connectivity index is 2.73. The SMILES string of the molecule is COC(=O)NCCC=C(c1cc(Br)c(OC)c(C(=O)OC)c1)c1cc(Br)c(OC)c(C(=O)OC)c1. The second-order valence-corrected chi connectivity index (χ2v) is 8.59. The van der Waals surface area contributed by atoms with E-state index in [0.29, 0.717) is 50.1 Å². The van der Waals surface area contributed by atoms with Gasteiger partial charge in [0.05, 0.1) is 44.5 Å². The van der Waals surface area contributed by atoms with Gasteiger partial charge in [-0.3, -0.25) is 0 Å². The van der Waals surface area contributed by atoms with Crippen molar-refractivity contribution >= 4 is 55.5 Å². The van der Waals surface area contributed by atoms with E-state index >= 15 is 0 Å². The summed E-state index contributed by atoms with van der Waals surface area (Å²) in [5.74, 6) is -0.526. The molecule has 1 amide bonds. The van der Waals surface area contributed by atoms with Gasteiger partial charge in [-0.15, -0.1) is 0 Å². The molecule has 1 N–H and O–H groups in total. The van der Waals surface area contributed by atoms with Gasteiger partial charge < -0.3 is 29.0 Å². The molecule has 0 unspecified atom stereocenters. The van der Waals surface area contributed by atoms with E-state index in [1.807, 2.05) is 6.08 Å². The monoisotopic (exact) mass is 613 g/mol. The zero-order valence-electron chi connectivity index (χ0n) is 19.8. The van der Waals surface area contributed by atoms with E-state index in [1.54, 1.807) is 24.3 Å². The van der Waals surface area contributed by atoms with Gasteiger partial charge in [-0.1, -0.05) is 6.08 Å². The van der Waals surface area contributed by atoms with Gasteiger partial charge in [-0.2, -0.15) is 0 Å². The van der Waals surface area contributed by atoms with Gasteiger partial charge in [0.15, 0.2) is 0 Å². The van der Waals surface area contributed by atoms with E-state index in [2.05, 4.69) is 41.9 Å². The molecule has 11 heteroatoms. The molecule has 0 aliphatic rings. The maximum atomic E-state index is 12.5. The van der Waals surface area contributed by atoms with Gasteiger partial charge in [0.25, 0.3) is 0 Å². The highest BCUT2D eigenvalue weighted by molar-refractivity contribution is 9.11. The quantitative estimate of drug-likeness (QED) is 0.239. The van der Waals surface area contributed by atoms with Crippen molar-refractivity contribution in [2.24, 2.45) is 0 Å². The van der Waals surface area contributed by atoms with Crippen LogP contribution in [0.4, 0.5) is 4.79 Å². The maximum Gasteiger partial charge on any atom is 0.406 e. The van der Waals surface area contributed by atoms with Crippen molar-refractivity contribution in [1.29, 1.82) is 0 Å². The third-order valence-corrected chi connectivity index (χ3v) is 6.05. The Kier molecular flexibility index (Phi) is 10.6. The number of alkyl carbamates (subject to hydrolysis) is 1.